The molecule has 1 fully saturated rings. The molecule has 0 bridgehead atoms. The van der Waals surface area contributed by atoms with Crippen LogP contribution in [0.25, 0.3) is 16.8 Å². The first-order valence-corrected chi connectivity index (χ1v) is 15.4. The Kier molecular flexibility index (Phi) is 9.84. The standard InChI is InChI=1S/C35H33N3O6S/c1-4-43-30-18-23(16-17-29(30)44-21-33(40)37-27-14-8-7-12-25(27)22(2)3)19-31-34(41)38(35(42)45-31)20-32(39)36-28-15-9-11-24-10-5-6-13-26(24)28/h5-19,22H,4,20-21H2,1-3H3,(H,36,39)(H,37,40)/b31-19+. The minimum atomic E-state index is -0.560. The zero-order chi connectivity index (χ0) is 31.9. The Morgan fingerprint density at radius 3 is 2.36 bits per heavy atom. The highest BCUT2D eigenvalue weighted by atomic mass is 32.2. The van der Waals surface area contributed by atoms with Gasteiger partial charge in [0.1, 0.15) is 6.54 Å². The molecule has 0 atom stereocenters. The van der Waals surface area contributed by atoms with E-state index >= 15 is 0 Å². The molecule has 0 saturated carbocycles. The maximum atomic E-state index is 13.1. The fourth-order valence-electron chi connectivity index (χ4n) is 4.90. The van der Waals surface area contributed by atoms with Crippen LogP contribution < -0.4 is 20.1 Å². The summed E-state index contributed by atoms with van der Waals surface area (Å²) in [5, 5.41) is 7.00. The molecule has 1 aliphatic rings. The van der Waals surface area contributed by atoms with Crippen molar-refractivity contribution in [3.05, 3.63) is 101 Å². The monoisotopic (exact) mass is 623 g/mol. The summed E-state index contributed by atoms with van der Waals surface area (Å²) < 4.78 is 11.5. The number of ether oxygens (including phenoxy) is 2. The second-order valence-electron chi connectivity index (χ2n) is 10.6. The first kappa shape index (κ1) is 31.3. The summed E-state index contributed by atoms with van der Waals surface area (Å²) >= 11 is 0.763. The summed E-state index contributed by atoms with van der Waals surface area (Å²) in [6.07, 6.45) is 1.56. The van der Waals surface area contributed by atoms with E-state index in [0.717, 1.165) is 38.7 Å². The summed E-state index contributed by atoms with van der Waals surface area (Å²) in [6.45, 7) is 5.64. The zero-order valence-corrected chi connectivity index (χ0v) is 26.0. The first-order chi connectivity index (χ1) is 21.7. The molecule has 4 aromatic rings. The lowest BCUT2D eigenvalue weighted by molar-refractivity contribution is -0.127. The predicted molar refractivity (Wildman–Crippen MR) is 178 cm³/mol. The van der Waals surface area contributed by atoms with Crippen molar-refractivity contribution in [1.82, 2.24) is 4.90 Å². The Hall–Kier alpha value is -5.09. The van der Waals surface area contributed by atoms with Crippen molar-refractivity contribution in [2.75, 3.05) is 30.4 Å². The number of rotatable bonds is 11. The normalized spacial score (nSPS) is 13.9. The summed E-state index contributed by atoms with van der Waals surface area (Å²) in [5.41, 5.74) is 2.96. The fraction of sp³-hybridized carbons (Fsp3) is 0.200. The van der Waals surface area contributed by atoms with E-state index in [-0.39, 0.29) is 23.3 Å². The molecule has 0 aromatic heterocycles. The van der Waals surface area contributed by atoms with Crippen molar-refractivity contribution in [2.45, 2.75) is 26.7 Å². The van der Waals surface area contributed by atoms with Gasteiger partial charge in [0.05, 0.1) is 11.5 Å². The molecule has 45 heavy (non-hydrogen) atoms. The highest BCUT2D eigenvalue weighted by Gasteiger charge is 2.36. The number of benzene rings is 4. The van der Waals surface area contributed by atoms with Gasteiger partial charge in [0.2, 0.25) is 5.91 Å². The Bertz CT molecular complexity index is 1800. The van der Waals surface area contributed by atoms with Gasteiger partial charge >= 0.3 is 0 Å². The molecule has 0 aliphatic carbocycles. The third-order valence-corrected chi connectivity index (χ3v) is 7.93. The minimum Gasteiger partial charge on any atom is -0.490 e. The Morgan fingerprint density at radius 2 is 1.56 bits per heavy atom. The van der Waals surface area contributed by atoms with E-state index in [2.05, 4.69) is 24.5 Å². The first-order valence-electron chi connectivity index (χ1n) is 14.5. The SMILES string of the molecule is CCOc1cc(/C=C2/SC(=O)N(CC(=O)Nc3cccc4ccccc34)C2=O)ccc1OCC(=O)Nc1ccccc1C(C)C. The average Bonchev–Trinajstić information content (AvgIpc) is 3.28. The van der Waals surface area contributed by atoms with E-state index in [1.54, 1.807) is 30.3 Å². The van der Waals surface area contributed by atoms with Crippen LogP contribution in [0.4, 0.5) is 16.2 Å². The molecule has 1 heterocycles. The van der Waals surface area contributed by atoms with Crippen molar-refractivity contribution < 1.29 is 28.7 Å². The van der Waals surface area contributed by atoms with Gasteiger partial charge in [0.15, 0.2) is 18.1 Å². The second kappa shape index (κ2) is 14.1. The molecule has 2 N–H and O–H groups in total. The van der Waals surface area contributed by atoms with Crippen molar-refractivity contribution in [3.8, 4) is 11.5 Å². The van der Waals surface area contributed by atoms with Crippen molar-refractivity contribution in [1.29, 1.82) is 0 Å². The summed E-state index contributed by atoms with van der Waals surface area (Å²) in [6, 6.07) is 25.8. The van der Waals surface area contributed by atoms with Gasteiger partial charge in [-0.05, 0) is 71.5 Å². The molecule has 1 aliphatic heterocycles. The van der Waals surface area contributed by atoms with E-state index in [1.807, 2.05) is 67.6 Å². The van der Waals surface area contributed by atoms with Crippen LogP contribution in [0.2, 0.25) is 0 Å². The van der Waals surface area contributed by atoms with Gasteiger partial charge < -0.3 is 20.1 Å². The number of amides is 4. The average molecular weight is 624 g/mol. The molecule has 0 unspecified atom stereocenters. The molecular formula is C35H33N3O6S. The van der Waals surface area contributed by atoms with Crippen LogP contribution in [-0.2, 0) is 14.4 Å². The van der Waals surface area contributed by atoms with E-state index in [4.69, 9.17) is 9.47 Å². The number of para-hydroxylation sites is 1. The van der Waals surface area contributed by atoms with Crippen LogP contribution in [0, 0.1) is 0 Å². The van der Waals surface area contributed by atoms with E-state index < -0.39 is 23.6 Å². The number of anilines is 2. The largest absolute Gasteiger partial charge is 0.490 e. The Balaban J connectivity index is 1.24. The Morgan fingerprint density at radius 1 is 0.844 bits per heavy atom. The predicted octanol–water partition coefficient (Wildman–Crippen LogP) is 7.05. The maximum absolute atomic E-state index is 13.1. The molecule has 9 nitrogen and oxygen atoms in total. The van der Waals surface area contributed by atoms with Crippen LogP contribution in [0.5, 0.6) is 11.5 Å². The number of imide groups is 1. The third-order valence-electron chi connectivity index (χ3n) is 7.02. The lowest BCUT2D eigenvalue weighted by atomic mass is 10.0. The van der Waals surface area contributed by atoms with Gasteiger partial charge in [-0.1, -0.05) is 74.5 Å². The second-order valence-corrected chi connectivity index (χ2v) is 11.6. The number of carbonyl (C=O) groups excluding carboxylic acids is 4. The summed E-state index contributed by atoms with van der Waals surface area (Å²) in [5.74, 6) is -0.364. The summed E-state index contributed by atoms with van der Waals surface area (Å²) in [7, 11) is 0. The molecular weight excluding hydrogens is 590 g/mol. The molecule has 10 heteroatoms. The number of thioether (sulfide) groups is 1. The molecule has 4 aromatic carbocycles. The molecule has 0 radical (unpaired) electrons. The number of hydrogen-bond donors (Lipinski definition) is 2. The number of nitrogens with one attached hydrogen (secondary N) is 2. The van der Waals surface area contributed by atoms with Gasteiger partial charge in [0, 0.05) is 16.8 Å². The zero-order valence-electron chi connectivity index (χ0n) is 25.2. The quantitative estimate of drug-likeness (QED) is 0.172. The fourth-order valence-corrected chi connectivity index (χ4v) is 5.74. The van der Waals surface area contributed by atoms with Crippen molar-refractivity contribution in [2.24, 2.45) is 0 Å². The molecule has 5 rings (SSSR count). The Labute approximate surface area is 265 Å². The molecule has 4 amide bonds. The summed E-state index contributed by atoms with van der Waals surface area (Å²) in [4.78, 5) is 52.4. The number of hydrogen-bond acceptors (Lipinski definition) is 7. The van der Waals surface area contributed by atoms with Crippen LogP contribution in [0.3, 0.4) is 0 Å². The highest BCUT2D eigenvalue weighted by Crippen LogP contribution is 2.35. The molecule has 1 saturated heterocycles. The lowest BCUT2D eigenvalue weighted by Crippen LogP contribution is -2.36. The van der Waals surface area contributed by atoms with Crippen LogP contribution in [-0.4, -0.2) is 47.6 Å². The minimum absolute atomic E-state index is 0.178. The smallest absolute Gasteiger partial charge is 0.294 e. The van der Waals surface area contributed by atoms with E-state index in [1.165, 1.54) is 0 Å². The van der Waals surface area contributed by atoms with E-state index in [9.17, 15) is 19.2 Å². The number of nitrogens with zero attached hydrogens (tertiary/aromatic N) is 1. The topological polar surface area (TPSA) is 114 Å². The third kappa shape index (κ3) is 7.53. The highest BCUT2D eigenvalue weighted by molar-refractivity contribution is 8.18. The van der Waals surface area contributed by atoms with Gasteiger partial charge in [0.25, 0.3) is 17.1 Å². The van der Waals surface area contributed by atoms with Gasteiger partial charge in [-0.2, -0.15) is 0 Å². The molecule has 0 spiro atoms. The lowest BCUT2D eigenvalue weighted by Gasteiger charge is -2.15. The van der Waals surface area contributed by atoms with E-state index in [0.29, 0.717) is 29.4 Å². The number of fused-ring (bicyclic) bond motifs is 1. The van der Waals surface area contributed by atoms with Crippen LogP contribution in [0.1, 0.15) is 37.8 Å². The van der Waals surface area contributed by atoms with Crippen LogP contribution in [0.15, 0.2) is 89.8 Å². The maximum Gasteiger partial charge on any atom is 0.294 e. The van der Waals surface area contributed by atoms with Crippen molar-refractivity contribution >= 4 is 62.9 Å². The van der Waals surface area contributed by atoms with Gasteiger partial charge in [-0.3, -0.25) is 24.1 Å². The van der Waals surface area contributed by atoms with Gasteiger partial charge in [-0.25, -0.2) is 0 Å². The molecule has 230 valence electrons. The number of carbonyl (C=O) groups is 4. The van der Waals surface area contributed by atoms with Crippen LogP contribution >= 0.6 is 11.8 Å². The van der Waals surface area contributed by atoms with Crippen molar-refractivity contribution in [3.63, 3.8) is 0 Å². The van der Waals surface area contributed by atoms with Gasteiger partial charge in [-0.15, -0.1) is 0 Å².